The van der Waals surface area contributed by atoms with E-state index in [-0.39, 0.29) is 11.3 Å². The summed E-state index contributed by atoms with van der Waals surface area (Å²) in [7, 11) is 0. The zero-order valence-electron chi connectivity index (χ0n) is 16.3. The number of hydrogen-bond donors (Lipinski definition) is 1. The summed E-state index contributed by atoms with van der Waals surface area (Å²) in [5.74, 6) is -1.87. The lowest BCUT2D eigenvalue weighted by Gasteiger charge is -2.28. The predicted octanol–water partition coefficient (Wildman–Crippen LogP) is 5.59. The molecular weight excluding hydrogens is 403 g/mol. The third-order valence-electron chi connectivity index (χ3n) is 4.76. The Balaban J connectivity index is 2.16. The van der Waals surface area contributed by atoms with Crippen LogP contribution in [0.25, 0.3) is 0 Å². The first-order valence-corrected chi connectivity index (χ1v) is 9.74. The zero-order valence-corrected chi connectivity index (χ0v) is 17.1. The van der Waals surface area contributed by atoms with Crippen LogP contribution < -0.4 is 4.90 Å². The van der Waals surface area contributed by atoms with Crippen molar-refractivity contribution in [1.82, 2.24) is 0 Å². The highest BCUT2D eigenvalue weighted by atomic mass is 32.1. The Hall–Kier alpha value is -2.61. The highest BCUT2D eigenvalue weighted by molar-refractivity contribution is 7.10. The molecule has 0 aliphatic carbocycles. The molecule has 1 aromatic heterocycles. The molecule has 1 aromatic carbocycles. The lowest BCUT2D eigenvalue weighted by atomic mass is 9.83. The van der Waals surface area contributed by atoms with Crippen LogP contribution in [0.4, 0.5) is 18.9 Å². The molecule has 0 saturated carbocycles. The number of hydrogen-bond acceptors (Lipinski definition) is 4. The molecule has 0 bridgehead atoms. The van der Waals surface area contributed by atoms with Gasteiger partial charge < -0.3 is 5.11 Å². The van der Waals surface area contributed by atoms with Gasteiger partial charge in [-0.1, -0.05) is 20.8 Å². The highest BCUT2D eigenvalue weighted by Crippen LogP contribution is 2.46. The number of Topliss-reactive ketones (excluding diaryl/α,β-unsaturated/α-hetero) is 1. The quantitative estimate of drug-likeness (QED) is 0.700. The molecule has 4 nitrogen and oxygen atoms in total. The summed E-state index contributed by atoms with van der Waals surface area (Å²) >= 11 is 1.32. The molecule has 8 heteroatoms. The van der Waals surface area contributed by atoms with E-state index < -0.39 is 40.6 Å². The van der Waals surface area contributed by atoms with Crippen molar-refractivity contribution in [2.24, 2.45) is 5.41 Å². The second-order valence-corrected chi connectivity index (χ2v) is 8.88. The van der Waals surface area contributed by atoms with Gasteiger partial charge in [-0.2, -0.15) is 13.2 Å². The van der Waals surface area contributed by atoms with Crippen molar-refractivity contribution in [2.45, 2.75) is 39.9 Å². The normalized spacial score (nSPS) is 18.0. The van der Waals surface area contributed by atoms with E-state index in [4.69, 9.17) is 0 Å². The van der Waals surface area contributed by atoms with E-state index >= 15 is 0 Å². The first-order chi connectivity index (χ1) is 13.3. The van der Waals surface area contributed by atoms with Gasteiger partial charge in [-0.25, -0.2) is 0 Å². The number of anilines is 1. The number of aryl methyl sites for hydroxylation is 1. The summed E-state index contributed by atoms with van der Waals surface area (Å²) in [5, 5.41) is 12.4. The number of carbonyl (C=O) groups is 2. The molecule has 2 heterocycles. The third kappa shape index (κ3) is 3.69. The summed E-state index contributed by atoms with van der Waals surface area (Å²) in [4.78, 5) is 27.8. The van der Waals surface area contributed by atoms with E-state index in [0.717, 1.165) is 17.7 Å². The third-order valence-corrected chi connectivity index (χ3v) is 5.83. The summed E-state index contributed by atoms with van der Waals surface area (Å²) in [6, 6.07) is 5.03. The van der Waals surface area contributed by atoms with Crippen LogP contribution >= 0.6 is 11.3 Å². The van der Waals surface area contributed by atoms with Crippen molar-refractivity contribution in [3.8, 4) is 0 Å². The second kappa shape index (κ2) is 7.02. The second-order valence-electron chi connectivity index (χ2n) is 7.93. The van der Waals surface area contributed by atoms with Crippen LogP contribution in [0.2, 0.25) is 0 Å². The van der Waals surface area contributed by atoms with Gasteiger partial charge in [-0.05, 0) is 48.2 Å². The molecule has 1 amide bonds. The van der Waals surface area contributed by atoms with Crippen LogP contribution in [0.5, 0.6) is 0 Å². The molecule has 3 rings (SSSR count). The maximum atomic E-state index is 13.1. The SMILES string of the molecule is Cc1ccsc1C1C(C(=O)C(C)(C)C)=C(O)C(=O)N1c1ccc(C(F)(F)F)cc1. The molecule has 1 aliphatic heterocycles. The molecule has 1 atom stereocenters. The zero-order chi connectivity index (χ0) is 21.7. The van der Waals surface area contributed by atoms with E-state index in [0.29, 0.717) is 4.88 Å². The van der Waals surface area contributed by atoms with Crippen LogP contribution in [0.1, 0.15) is 42.8 Å². The van der Waals surface area contributed by atoms with Gasteiger partial charge in [0.25, 0.3) is 5.91 Å². The summed E-state index contributed by atoms with van der Waals surface area (Å²) in [6.45, 7) is 6.85. The van der Waals surface area contributed by atoms with Crippen molar-refractivity contribution in [3.05, 3.63) is 63.0 Å². The topological polar surface area (TPSA) is 57.6 Å². The van der Waals surface area contributed by atoms with Crippen LogP contribution in [-0.4, -0.2) is 16.8 Å². The number of aliphatic hydroxyl groups excluding tert-OH is 1. The lowest BCUT2D eigenvalue weighted by molar-refractivity contribution is -0.137. The van der Waals surface area contributed by atoms with Gasteiger partial charge in [-0.3, -0.25) is 14.5 Å². The maximum Gasteiger partial charge on any atom is 0.416 e. The molecule has 1 unspecified atom stereocenters. The van der Waals surface area contributed by atoms with Crippen molar-refractivity contribution >= 4 is 28.7 Å². The summed E-state index contributed by atoms with van der Waals surface area (Å²) in [6.07, 6.45) is -4.51. The standard InChI is InChI=1S/C21H20F3NO3S/c1-11-9-10-29-17(11)15-14(18(27)20(2,3)4)16(26)19(28)25(15)13-7-5-12(6-8-13)21(22,23)24/h5-10,15,26H,1-4H3. The van der Waals surface area contributed by atoms with E-state index in [1.807, 2.05) is 13.0 Å². The number of ketones is 1. The molecule has 154 valence electrons. The first-order valence-electron chi connectivity index (χ1n) is 8.86. The van der Waals surface area contributed by atoms with E-state index in [1.165, 1.54) is 28.4 Å². The van der Waals surface area contributed by atoms with Crippen LogP contribution in [0.15, 0.2) is 47.0 Å². The van der Waals surface area contributed by atoms with Gasteiger partial charge in [0, 0.05) is 16.0 Å². The number of amides is 1. The number of carbonyl (C=O) groups excluding carboxylic acids is 2. The molecule has 0 spiro atoms. The smallest absolute Gasteiger partial charge is 0.416 e. The average molecular weight is 423 g/mol. The Labute approximate surface area is 170 Å². The molecular formula is C21H20F3NO3S. The summed E-state index contributed by atoms with van der Waals surface area (Å²) < 4.78 is 38.7. The number of aliphatic hydroxyl groups is 1. The molecule has 1 N–H and O–H groups in total. The Morgan fingerprint density at radius 3 is 2.14 bits per heavy atom. The van der Waals surface area contributed by atoms with Gasteiger partial charge >= 0.3 is 6.18 Å². The highest BCUT2D eigenvalue weighted by Gasteiger charge is 2.47. The molecule has 2 aromatic rings. The molecule has 0 fully saturated rings. The van der Waals surface area contributed by atoms with Crippen LogP contribution in [0.3, 0.4) is 0 Å². The molecule has 0 saturated heterocycles. The minimum absolute atomic E-state index is 0.0343. The van der Waals surface area contributed by atoms with E-state index in [2.05, 4.69) is 0 Å². The minimum Gasteiger partial charge on any atom is -0.503 e. The van der Waals surface area contributed by atoms with Crippen molar-refractivity contribution in [3.63, 3.8) is 0 Å². The molecule has 29 heavy (non-hydrogen) atoms. The first kappa shape index (κ1) is 21.1. The van der Waals surface area contributed by atoms with E-state index in [1.54, 1.807) is 26.2 Å². The van der Waals surface area contributed by atoms with Crippen molar-refractivity contribution < 1.29 is 27.9 Å². The van der Waals surface area contributed by atoms with Gasteiger partial charge in [0.1, 0.15) is 6.04 Å². The number of halogens is 3. The fourth-order valence-electron chi connectivity index (χ4n) is 3.23. The maximum absolute atomic E-state index is 13.1. The number of benzene rings is 1. The van der Waals surface area contributed by atoms with Crippen molar-refractivity contribution in [1.29, 1.82) is 0 Å². The number of thiophene rings is 1. The molecule has 1 aliphatic rings. The Kier molecular flexibility index (Phi) is 5.11. The van der Waals surface area contributed by atoms with Gasteiger partial charge in [-0.15, -0.1) is 11.3 Å². The predicted molar refractivity (Wildman–Crippen MR) is 105 cm³/mol. The van der Waals surface area contributed by atoms with Gasteiger partial charge in [0.2, 0.25) is 0 Å². The lowest BCUT2D eigenvalue weighted by Crippen LogP contribution is -2.32. The Morgan fingerprint density at radius 1 is 1.10 bits per heavy atom. The number of nitrogens with zero attached hydrogens (tertiary/aromatic N) is 1. The van der Waals surface area contributed by atoms with Gasteiger partial charge in [0.15, 0.2) is 11.5 Å². The summed E-state index contributed by atoms with van der Waals surface area (Å²) in [5.41, 5.74) is -0.751. The Morgan fingerprint density at radius 2 is 1.69 bits per heavy atom. The van der Waals surface area contributed by atoms with Gasteiger partial charge in [0.05, 0.1) is 11.1 Å². The average Bonchev–Trinajstić information content (AvgIpc) is 3.14. The Bertz CT molecular complexity index is 997. The van der Waals surface area contributed by atoms with E-state index in [9.17, 15) is 27.9 Å². The largest absolute Gasteiger partial charge is 0.503 e. The monoisotopic (exact) mass is 423 g/mol. The fourth-order valence-corrected chi connectivity index (χ4v) is 4.26. The number of rotatable bonds is 3. The van der Waals surface area contributed by atoms with Crippen LogP contribution in [-0.2, 0) is 15.8 Å². The molecule has 0 radical (unpaired) electrons. The van der Waals surface area contributed by atoms with Crippen LogP contribution in [0, 0.1) is 12.3 Å². The fraction of sp³-hybridized carbons (Fsp3) is 0.333. The van der Waals surface area contributed by atoms with Crippen molar-refractivity contribution in [2.75, 3.05) is 4.90 Å². The minimum atomic E-state index is -4.51. The number of alkyl halides is 3.